The van der Waals surface area contributed by atoms with Crippen molar-refractivity contribution in [1.82, 2.24) is 4.90 Å². The van der Waals surface area contributed by atoms with Gasteiger partial charge in [-0.05, 0) is 46.1 Å². The lowest BCUT2D eigenvalue weighted by atomic mass is 9.96. The summed E-state index contributed by atoms with van der Waals surface area (Å²) in [6.45, 7) is 9.04. The standard InChI is InChI=1S/C14H28FN/c1-5-7-9-12(6-2)16-11-8-10-13(16)14(3,4)15/h12-13H,5-11H2,1-4H3/t12?,13-/m0/s1. The quantitative estimate of drug-likeness (QED) is 0.661. The van der Waals surface area contributed by atoms with Gasteiger partial charge in [-0.2, -0.15) is 0 Å². The Bertz CT molecular complexity index is 197. The highest BCUT2D eigenvalue weighted by Gasteiger charge is 2.39. The maximum Gasteiger partial charge on any atom is 0.120 e. The number of unbranched alkanes of at least 4 members (excludes halogenated alkanes) is 1. The topological polar surface area (TPSA) is 3.24 Å². The largest absolute Gasteiger partial charge is 0.294 e. The van der Waals surface area contributed by atoms with Crippen molar-refractivity contribution in [2.45, 2.75) is 84.0 Å². The van der Waals surface area contributed by atoms with Crippen LogP contribution in [0.15, 0.2) is 0 Å². The molecule has 96 valence electrons. The Morgan fingerprint density at radius 2 is 2.06 bits per heavy atom. The van der Waals surface area contributed by atoms with Gasteiger partial charge in [-0.3, -0.25) is 4.90 Å². The number of rotatable bonds is 6. The van der Waals surface area contributed by atoms with E-state index in [0.29, 0.717) is 6.04 Å². The second-order valence-electron chi connectivity index (χ2n) is 5.66. The van der Waals surface area contributed by atoms with Crippen LogP contribution in [0.2, 0.25) is 0 Å². The first-order valence-corrected chi connectivity index (χ1v) is 6.95. The van der Waals surface area contributed by atoms with Gasteiger partial charge in [-0.1, -0.05) is 26.7 Å². The Kier molecular flexibility index (Phi) is 5.23. The summed E-state index contributed by atoms with van der Waals surface area (Å²) in [5.74, 6) is 0. The third-order valence-electron chi connectivity index (χ3n) is 3.92. The normalized spacial score (nSPS) is 24.9. The summed E-state index contributed by atoms with van der Waals surface area (Å²) in [6.07, 6.45) is 7.11. The van der Waals surface area contributed by atoms with Crippen molar-refractivity contribution in [2.75, 3.05) is 6.54 Å². The lowest BCUT2D eigenvalue weighted by Crippen LogP contribution is -2.47. The van der Waals surface area contributed by atoms with Gasteiger partial charge in [0, 0.05) is 12.1 Å². The number of alkyl halides is 1. The number of hydrogen-bond donors (Lipinski definition) is 0. The minimum Gasteiger partial charge on any atom is -0.294 e. The van der Waals surface area contributed by atoms with Crippen LogP contribution in [-0.4, -0.2) is 29.2 Å². The number of nitrogens with zero attached hydrogens (tertiary/aromatic N) is 1. The molecule has 0 aromatic heterocycles. The van der Waals surface area contributed by atoms with Crippen molar-refractivity contribution in [2.24, 2.45) is 0 Å². The molecule has 0 aromatic carbocycles. The molecule has 2 atom stereocenters. The number of likely N-dealkylation sites (tertiary alicyclic amines) is 1. The highest BCUT2D eigenvalue weighted by Crippen LogP contribution is 2.33. The van der Waals surface area contributed by atoms with Gasteiger partial charge in [-0.25, -0.2) is 4.39 Å². The third-order valence-corrected chi connectivity index (χ3v) is 3.92. The van der Waals surface area contributed by atoms with Crippen molar-refractivity contribution in [3.63, 3.8) is 0 Å². The summed E-state index contributed by atoms with van der Waals surface area (Å²) in [5.41, 5.74) is -1.05. The molecular formula is C14H28FN. The van der Waals surface area contributed by atoms with Crippen LogP contribution in [0, 0.1) is 0 Å². The maximum absolute atomic E-state index is 14.1. The minimum atomic E-state index is -1.05. The first-order chi connectivity index (χ1) is 7.50. The molecule has 1 aliphatic heterocycles. The monoisotopic (exact) mass is 229 g/mol. The number of hydrogen-bond acceptors (Lipinski definition) is 1. The fraction of sp³-hybridized carbons (Fsp3) is 1.00. The highest BCUT2D eigenvalue weighted by atomic mass is 19.1. The van der Waals surface area contributed by atoms with Crippen LogP contribution in [0.1, 0.15) is 66.2 Å². The van der Waals surface area contributed by atoms with Gasteiger partial charge in [0.15, 0.2) is 0 Å². The minimum absolute atomic E-state index is 0.148. The molecule has 1 nitrogen and oxygen atoms in total. The molecule has 1 saturated heterocycles. The van der Waals surface area contributed by atoms with Crippen LogP contribution in [0.25, 0.3) is 0 Å². The lowest BCUT2D eigenvalue weighted by Gasteiger charge is -2.37. The van der Waals surface area contributed by atoms with Crippen LogP contribution < -0.4 is 0 Å². The third kappa shape index (κ3) is 3.44. The van der Waals surface area contributed by atoms with E-state index in [1.54, 1.807) is 13.8 Å². The van der Waals surface area contributed by atoms with Crippen LogP contribution in [0.3, 0.4) is 0 Å². The molecule has 1 fully saturated rings. The molecule has 0 radical (unpaired) electrons. The second-order valence-corrected chi connectivity index (χ2v) is 5.66. The SMILES string of the molecule is CCCCC(CC)N1CCC[C@H]1C(C)(C)F. The molecule has 16 heavy (non-hydrogen) atoms. The van der Waals surface area contributed by atoms with Crippen molar-refractivity contribution in [3.8, 4) is 0 Å². The Hall–Kier alpha value is -0.110. The van der Waals surface area contributed by atoms with Gasteiger partial charge < -0.3 is 0 Å². The van der Waals surface area contributed by atoms with Crippen molar-refractivity contribution in [1.29, 1.82) is 0 Å². The summed E-state index contributed by atoms with van der Waals surface area (Å²) in [7, 11) is 0. The average molecular weight is 229 g/mol. The molecule has 1 heterocycles. The van der Waals surface area contributed by atoms with E-state index >= 15 is 0 Å². The van der Waals surface area contributed by atoms with E-state index in [4.69, 9.17) is 0 Å². The Balaban J connectivity index is 2.61. The molecule has 0 spiro atoms. The second kappa shape index (κ2) is 6.00. The predicted molar refractivity (Wildman–Crippen MR) is 68.5 cm³/mol. The molecule has 0 N–H and O–H groups in total. The Morgan fingerprint density at radius 1 is 1.38 bits per heavy atom. The molecule has 1 rings (SSSR count). The Labute approximate surface area is 100 Å². The first-order valence-electron chi connectivity index (χ1n) is 6.95. The number of halogens is 1. The van der Waals surface area contributed by atoms with E-state index in [1.807, 2.05) is 0 Å². The molecule has 2 heteroatoms. The Morgan fingerprint density at radius 3 is 2.56 bits per heavy atom. The van der Waals surface area contributed by atoms with E-state index in [9.17, 15) is 4.39 Å². The molecule has 1 unspecified atom stereocenters. The van der Waals surface area contributed by atoms with Gasteiger partial charge >= 0.3 is 0 Å². The molecule has 0 bridgehead atoms. The summed E-state index contributed by atoms with van der Waals surface area (Å²) in [5, 5.41) is 0. The summed E-state index contributed by atoms with van der Waals surface area (Å²) in [6, 6.07) is 0.747. The zero-order chi connectivity index (χ0) is 12.2. The summed E-state index contributed by atoms with van der Waals surface area (Å²) in [4.78, 5) is 2.44. The molecule has 0 aliphatic carbocycles. The molecule has 0 aromatic rings. The van der Waals surface area contributed by atoms with E-state index in [-0.39, 0.29) is 6.04 Å². The average Bonchev–Trinajstić information content (AvgIpc) is 2.67. The van der Waals surface area contributed by atoms with Gasteiger partial charge in [0.2, 0.25) is 0 Å². The first kappa shape index (κ1) is 14.0. The summed E-state index contributed by atoms with van der Waals surface area (Å²) < 4.78 is 14.1. The van der Waals surface area contributed by atoms with E-state index < -0.39 is 5.67 Å². The summed E-state index contributed by atoms with van der Waals surface area (Å²) >= 11 is 0. The molecular weight excluding hydrogens is 201 g/mol. The fourth-order valence-electron chi connectivity index (χ4n) is 3.01. The van der Waals surface area contributed by atoms with E-state index in [2.05, 4.69) is 18.7 Å². The van der Waals surface area contributed by atoms with Crippen LogP contribution >= 0.6 is 0 Å². The highest BCUT2D eigenvalue weighted by molar-refractivity contribution is 4.93. The van der Waals surface area contributed by atoms with Gasteiger partial charge in [-0.15, -0.1) is 0 Å². The van der Waals surface area contributed by atoms with Crippen molar-refractivity contribution in [3.05, 3.63) is 0 Å². The maximum atomic E-state index is 14.1. The zero-order valence-electron chi connectivity index (χ0n) is 11.4. The lowest BCUT2D eigenvalue weighted by molar-refractivity contribution is 0.0467. The van der Waals surface area contributed by atoms with Crippen molar-refractivity contribution >= 4 is 0 Å². The van der Waals surface area contributed by atoms with Crippen LogP contribution in [0.5, 0.6) is 0 Å². The molecule has 0 amide bonds. The zero-order valence-corrected chi connectivity index (χ0v) is 11.4. The molecule has 0 saturated carbocycles. The predicted octanol–water partition coefficient (Wildman–Crippen LogP) is 4.17. The van der Waals surface area contributed by atoms with E-state index in [0.717, 1.165) is 19.4 Å². The van der Waals surface area contributed by atoms with Crippen LogP contribution in [-0.2, 0) is 0 Å². The van der Waals surface area contributed by atoms with Gasteiger partial charge in [0.1, 0.15) is 5.67 Å². The van der Waals surface area contributed by atoms with Gasteiger partial charge in [0.05, 0.1) is 0 Å². The van der Waals surface area contributed by atoms with E-state index in [1.165, 1.54) is 25.7 Å². The smallest absolute Gasteiger partial charge is 0.120 e. The van der Waals surface area contributed by atoms with Gasteiger partial charge in [0.25, 0.3) is 0 Å². The fourth-order valence-corrected chi connectivity index (χ4v) is 3.01. The molecule has 1 aliphatic rings. The van der Waals surface area contributed by atoms with Crippen molar-refractivity contribution < 1.29 is 4.39 Å². The van der Waals surface area contributed by atoms with Crippen LogP contribution in [0.4, 0.5) is 4.39 Å².